The highest BCUT2D eigenvalue weighted by Gasteiger charge is 2.47. The minimum atomic E-state index is -0.719. The number of amides is 2. The van der Waals surface area contributed by atoms with Crippen LogP contribution < -0.4 is 0 Å². The summed E-state index contributed by atoms with van der Waals surface area (Å²) in [6, 6.07) is 14.3. The Labute approximate surface area is 186 Å². The van der Waals surface area contributed by atoms with Gasteiger partial charge in [0.1, 0.15) is 11.5 Å². The Bertz CT molecular complexity index is 1120. The fourth-order valence-corrected chi connectivity index (χ4v) is 4.38. The molecule has 2 aromatic carbocycles. The van der Waals surface area contributed by atoms with Gasteiger partial charge < -0.3 is 9.80 Å². The van der Waals surface area contributed by atoms with Gasteiger partial charge in [-0.2, -0.15) is 0 Å². The molecule has 1 saturated heterocycles. The minimum Gasteiger partial charge on any atom is -0.348 e. The zero-order valence-electron chi connectivity index (χ0n) is 18.2. The molecule has 0 radical (unpaired) electrons. The van der Waals surface area contributed by atoms with Gasteiger partial charge in [-0.15, -0.1) is 0 Å². The lowest BCUT2D eigenvalue weighted by Gasteiger charge is -2.31. The third kappa shape index (κ3) is 4.37. The van der Waals surface area contributed by atoms with E-state index in [0.29, 0.717) is 25.9 Å². The van der Waals surface area contributed by atoms with Crippen LogP contribution in [0.1, 0.15) is 22.5 Å². The lowest BCUT2D eigenvalue weighted by atomic mass is 9.79. The quantitative estimate of drug-likeness (QED) is 0.620. The third-order valence-corrected chi connectivity index (χ3v) is 5.93. The maximum absolute atomic E-state index is 13.3. The molecule has 0 unspecified atom stereocenters. The largest absolute Gasteiger partial charge is 0.348 e. The second-order valence-corrected chi connectivity index (χ2v) is 8.43. The summed E-state index contributed by atoms with van der Waals surface area (Å²) in [4.78, 5) is 37.6. The van der Waals surface area contributed by atoms with Gasteiger partial charge in [-0.25, -0.2) is 9.37 Å². The number of aromatic nitrogens is 2. The highest BCUT2D eigenvalue weighted by atomic mass is 19.1. The van der Waals surface area contributed by atoms with Gasteiger partial charge in [0.15, 0.2) is 0 Å². The smallest absolute Gasteiger partial charge is 0.274 e. The molecule has 1 aliphatic heterocycles. The van der Waals surface area contributed by atoms with E-state index in [2.05, 4.69) is 9.97 Å². The predicted molar refractivity (Wildman–Crippen MR) is 119 cm³/mol. The van der Waals surface area contributed by atoms with Crippen LogP contribution in [0.5, 0.6) is 0 Å². The van der Waals surface area contributed by atoms with Crippen LogP contribution in [0.25, 0.3) is 11.1 Å². The summed E-state index contributed by atoms with van der Waals surface area (Å²) < 4.78 is 13.3. The fourth-order valence-electron chi connectivity index (χ4n) is 4.38. The molecule has 0 N–H and O–H groups in total. The summed E-state index contributed by atoms with van der Waals surface area (Å²) in [6.45, 7) is 0.798. The maximum Gasteiger partial charge on any atom is 0.274 e. The van der Waals surface area contributed by atoms with Crippen molar-refractivity contribution < 1.29 is 14.0 Å². The molecule has 3 aromatic rings. The molecule has 1 aliphatic rings. The molecule has 0 spiro atoms. The van der Waals surface area contributed by atoms with Crippen molar-refractivity contribution in [1.29, 1.82) is 0 Å². The number of rotatable bonds is 5. The maximum atomic E-state index is 13.3. The van der Waals surface area contributed by atoms with Gasteiger partial charge in [0.05, 0.1) is 11.6 Å². The number of halogens is 1. The lowest BCUT2D eigenvalue weighted by molar-refractivity contribution is -0.138. The highest BCUT2D eigenvalue weighted by Crippen LogP contribution is 2.37. The summed E-state index contributed by atoms with van der Waals surface area (Å²) in [5.41, 5.74) is 2.42. The number of likely N-dealkylation sites (tertiary alicyclic amines) is 1. The van der Waals surface area contributed by atoms with Crippen molar-refractivity contribution in [3.63, 3.8) is 0 Å². The van der Waals surface area contributed by atoms with E-state index in [-0.39, 0.29) is 23.3 Å². The van der Waals surface area contributed by atoms with Crippen LogP contribution in [0.2, 0.25) is 0 Å². The molecular weight excluding hydrogens is 407 g/mol. The van der Waals surface area contributed by atoms with Crippen molar-refractivity contribution in [1.82, 2.24) is 19.8 Å². The first-order valence-electron chi connectivity index (χ1n) is 10.5. The first-order chi connectivity index (χ1) is 15.4. The van der Waals surface area contributed by atoms with E-state index >= 15 is 0 Å². The van der Waals surface area contributed by atoms with Gasteiger partial charge in [-0.05, 0) is 41.7 Å². The van der Waals surface area contributed by atoms with Gasteiger partial charge >= 0.3 is 0 Å². The zero-order valence-corrected chi connectivity index (χ0v) is 18.2. The summed E-state index contributed by atoms with van der Waals surface area (Å²) in [6.07, 6.45) is 5.53. The molecule has 32 heavy (non-hydrogen) atoms. The Hall–Kier alpha value is -3.61. The van der Waals surface area contributed by atoms with Gasteiger partial charge in [-0.1, -0.05) is 36.4 Å². The molecule has 1 fully saturated rings. The Morgan fingerprint density at radius 1 is 1.09 bits per heavy atom. The predicted octanol–water partition coefficient (Wildman–Crippen LogP) is 3.45. The second-order valence-electron chi connectivity index (χ2n) is 8.43. The standard InChI is InChI=1S/C25H25FN4O2/c1-29(2)24(32)25(10-13-30(17-25)23(31)22-16-27-11-12-28-22)15-18-4-3-5-20(14-18)19-6-8-21(26)9-7-19/h3-9,11-12,14,16H,10,13,15,17H2,1-2H3/t25-/m0/s1. The van der Waals surface area contributed by atoms with Gasteiger partial charge in [-0.3, -0.25) is 14.6 Å². The van der Waals surface area contributed by atoms with E-state index in [9.17, 15) is 14.0 Å². The number of carbonyl (C=O) groups is 2. The van der Waals surface area contributed by atoms with E-state index < -0.39 is 5.41 Å². The Morgan fingerprint density at radius 2 is 1.88 bits per heavy atom. The minimum absolute atomic E-state index is 0.000805. The summed E-state index contributed by atoms with van der Waals surface area (Å²) in [5, 5.41) is 0. The van der Waals surface area contributed by atoms with E-state index in [4.69, 9.17) is 0 Å². The van der Waals surface area contributed by atoms with Crippen LogP contribution in [0.3, 0.4) is 0 Å². The normalized spacial score (nSPS) is 17.9. The molecule has 0 saturated carbocycles. The Morgan fingerprint density at radius 3 is 2.56 bits per heavy atom. The molecule has 6 nitrogen and oxygen atoms in total. The lowest BCUT2D eigenvalue weighted by Crippen LogP contribution is -2.44. The van der Waals surface area contributed by atoms with Crippen molar-refractivity contribution >= 4 is 11.8 Å². The molecule has 1 aromatic heterocycles. The van der Waals surface area contributed by atoms with Gasteiger partial charge in [0.2, 0.25) is 5.91 Å². The summed E-state index contributed by atoms with van der Waals surface area (Å²) in [7, 11) is 3.48. The second kappa shape index (κ2) is 8.86. The summed E-state index contributed by atoms with van der Waals surface area (Å²) in [5.74, 6) is -0.495. The molecule has 4 rings (SSSR count). The number of carbonyl (C=O) groups excluding carboxylic acids is 2. The third-order valence-electron chi connectivity index (χ3n) is 5.93. The van der Waals surface area contributed by atoms with Crippen LogP contribution in [0.15, 0.2) is 67.1 Å². The topological polar surface area (TPSA) is 66.4 Å². The van der Waals surface area contributed by atoms with Crippen molar-refractivity contribution in [2.45, 2.75) is 12.8 Å². The van der Waals surface area contributed by atoms with Crippen molar-refractivity contribution in [3.05, 3.63) is 84.2 Å². The Balaban J connectivity index is 1.61. The molecule has 7 heteroatoms. The average Bonchev–Trinajstić information content (AvgIpc) is 3.24. The Kier molecular flexibility index (Phi) is 5.99. The van der Waals surface area contributed by atoms with E-state index in [1.165, 1.54) is 30.7 Å². The zero-order chi connectivity index (χ0) is 22.7. The molecule has 0 bridgehead atoms. The number of hydrogen-bond donors (Lipinski definition) is 0. The monoisotopic (exact) mass is 432 g/mol. The van der Waals surface area contributed by atoms with Gasteiger partial charge in [0.25, 0.3) is 5.91 Å². The summed E-state index contributed by atoms with van der Waals surface area (Å²) >= 11 is 0. The van der Waals surface area contributed by atoms with Gasteiger partial charge in [0, 0.05) is 39.6 Å². The van der Waals surface area contributed by atoms with Crippen molar-refractivity contribution in [3.8, 4) is 11.1 Å². The van der Waals surface area contributed by atoms with Crippen LogP contribution >= 0.6 is 0 Å². The van der Waals surface area contributed by atoms with Crippen LogP contribution in [0.4, 0.5) is 4.39 Å². The first-order valence-corrected chi connectivity index (χ1v) is 10.5. The molecule has 2 amide bonds. The average molecular weight is 432 g/mol. The van der Waals surface area contributed by atoms with Crippen LogP contribution in [0, 0.1) is 11.2 Å². The molecule has 1 atom stereocenters. The SMILES string of the molecule is CN(C)C(=O)[C@]1(Cc2cccc(-c3ccc(F)cc3)c2)CCN(C(=O)c2cnccn2)C1. The number of hydrogen-bond acceptors (Lipinski definition) is 4. The fraction of sp³-hybridized carbons (Fsp3) is 0.280. The first kappa shape index (κ1) is 21.6. The van der Waals surface area contributed by atoms with Crippen LogP contribution in [-0.2, 0) is 11.2 Å². The number of nitrogens with zero attached hydrogens (tertiary/aromatic N) is 4. The van der Waals surface area contributed by atoms with Crippen LogP contribution in [-0.4, -0.2) is 58.8 Å². The van der Waals surface area contributed by atoms with Crippen molar-refractivity contribution in [2.24, 2.45) is 5.41 Å². The number of benzene rings is 2. The van der Waals surface area contributed by atoms with E-state index in [1.54, 1.807) is 36.0 Å². The molecule has 2 heterocycles. The van der Waals surface area contributed by atoms with E-state index in [1.807, 2.05) is 24.3 Å². The molecule has 0 aliphatic carbocycles. The molecule has 164 valence electrons. The van der Waals surface area contributed by atoms with Crippen molar-refractivity contribution in [2.75, 3.05) is 27.2 Å². The van der Waals surface area contributed by atoms with E-state index in [0.717, 1.165) is 16.7 Å². The molecular formula is C25H25FN4O2. The highest BCUT2D eigenvalue weighted by molar-refractivity contribution is 5.93.